The monoisotopic (exact) mass is 695 g/mol. The first-order valence-electron chi connectivity index (χ1n) is 18.6. The molecule has 2 aliphatic rings. The van der Waals surface area contributed by atoms with Gasteiger partial charge in [-0.25, -0.2) is 15.0 Å². The Labute approximate surface area is 311 Å². The van der Waals surface area contributed by atoms with Crippen molar-refractivity contribution < 1.29 is 8.83 Å². The molecule has 0 fully saturated rings. The van der Waals surface area contributed by atoms with Crippen molar-refractivity contribution in [1.82, 2.24) is 15.0 Å². The van der Waals surface area contributed by atoms with Crippen LogP contribution in [-0.2, 0) is 6.42 Å². The zero-order valence-electron chi connectivity index (χ0n) is 29.4. The summed E-state index contributed by atoms with van der Waals surface area (Å²) in [4.78, 5) is 15.8. The van der Waals surface area contributed by atoms with E-state index in [1.165, 1.54) is 22.3 Å². The molecule has 3 heterocycles. The van der Waals surface area contributed by atoms with Gasteiger partial charge >= 0.3 is 0 Å². The Morgan fingerprint density at radius 1 is 0.500 bits per heavy atom. The lowest BCUT2D eigenvalue weighted by atomic mass is 9.84. The number of nitrogens with zero attached hydrogens (tertiary/aromatic N) is 3. The second-order valence-corrected chi connectivity index (χ2v) is 14.1. The van der Waals surface area contributed by atoms with Crippen LogP contribution in [0.2, 0.25) is 0 Å². The highest BCUT2D eigenvalue weighted by atomic mass is 16.3. The van der Waals surface area contributed by atoms with Crippen LogP contribution in [0.25, 0.3) is 83.4 Å². The van der Waals surface area contributed by atoms with Gasteiger partial charge in [0.25, 0.3) is 0 Å². The normalized spacial score (nSPS) is 15.3. The molecular weight excluding hydrogens is 663 g/mol. The third-order valence-corrected chi connectivity index (χ3v) is 11.0. The molecule has 0 aliphatic heterocycles. The predicted octanol–water partition coefficient (Wildman–Crippen LogP) is 12.6. The van der Waals surface area contributed by atoms with E-state index in [9.17, 15) is 0 Å². The van der Waals surface area contributed by atoms with Crippen LogP contribution in [0.3, 0.4) is 0 Å². The van der Waals surface area contributed by atoms with Gasteiger partial charge in [0.15, 0.2) is 17.5 Å². The van der Waals surface area contributed by atoms with Gasteiger partial charge in [0.05, 0.1) is 0 Å². The van der Waals surface area contributed by atoms with E-state index in [2.05, 4.69) is 115 Å². The number of para-hydroxylation sites is 2. The number of fused-ring (bicyclic) bond motifs is 7. The van der Waals surface area contributed by atoms with Crippen molar-refractivity contribution >= 4 is 49.5 Å². The highest BCUT2D eigenvalue weighted by molar-refractivity contribution is 6.13. The number of allylic oxidation sites excluding steroid dienone is 5. The van der Waals surface area contributed by atoms with E-state index in [-0.39, 0.29) is 0 Å². The molecule has 0 saturated heterocycles. The summed E-state index contributed by atoms with van der Waals surface area (Å²) in [5.41, 5.74) is 12.4. The molecule has 1 atom stereocenters. The molecule has 3 aromatic heterocycles. The summed E-state index contributed by atoms with van der Waals surface area (Å²) in [5.74, 6) is 2.29. The average Bonchev–Trinajstić information content (AvgIpc) is 3.82. The fourth-order valence-electron chi connectivity index (χ4n) is 8.46. The predicted molar refractivity (Wildman–Crippen MR) is 218 cm³/mol. The number of furan rings is 2. The van der Waals surface area contributed by atoms with Crippen LogP contribution >= 0.6 is 0 Å². The third-order valence-electron chi connectivity index (χ3n) is 11.0. The fraction of sp³-hybridized carbons (Fsp3) is 0.0816. The first-order valence-corrected chi connectivity index (χ1v) is 18.6. The minimum Gasteiger partial charge on any atom is -0.456 e. The molecular formula is C49H33N3O2. The van der Waals surface area contributed by atoms with Gasteiger partial charge in [0, 0.05) is 44.2 Å². The molecule has 0 saturated carbocycles. The van der Waals surface area contributed by atoms with Crippen LogP contribution in [0.5, 0.6) is 0 Å². The van der Waals surface area contributed by atoms with Crippen molar-refractivity contribution in [2.45, 2.75) is 25.2 Å². The number of hydrogen-bond donors (Lipinski definition) is 0. The summed E-state index contributed by atoms with van der Waals surface area (Å²) in [6.07, 6.45) is 13.8. The van der Waals surface area contributed by atoms with Crippen molar-refractivity contribution in [3.8, 4) is 33.9 Å². The molecule has 6 aromatic carbocycles. The summed E-state index contributed by atoms with van der Waals surface area (Å²) >= 11 is 0. The van der Waals surface area contributed by atoms with Gasteiger partial charge in [-0.1, -0.05) is 134 Å². The van der Waals surface area contributed by atoms with E-state index in [0.717, 1.165) is 85.4 Å². The van der Waals surface area contributed by atoms with Crippen LogP contribution in [0.15, 0.2) is 167 Å². The van der Waals surface area contributed by atoms with Gasteiger partial charge in [-0.3, -0.25) is 0 Å². The highest BCUT2D eigenvalue weighted by Gasteiger charge is 2.24. The van der Waals surface area contributed by atoms with Gasteiger partial charge in [0.2, 0.25) is 0 Å². The second kappa shape index (κ2) is 12.4. The largest absolute Gasteiger partial charge is 0.456 e. The minimum atomic E-state index is 0.365. The second-order valence-electron chi connectivity index (χ2n) is 14.1. The molecule has 0 radical (unpaired) electrons. The SMILES string of the molecule is C1=CCC(c2ccc(-c3nc(C4=CCCc5c4cccc5-c4cccc5oc6ccccc6c45)nc(-c4cccc5oc6ccccc6c45)n3)cc2)C=C1. The van der Waals surface area contributed by atoms with Gasteiger partial charge in [-0.05, 0) is 71.3 Å². The molecule has 0 amide bonds. The molecule has 0 spiro atoms. The van der Waals surface area contributed by atoms with Gasteiger partial charge in [-0.2, -0.15) is 0 Å². The molecule has 54 heavy (non-hydrogen) atoms. The van der Waals surface area contributed by atoms with Gasteiger partial charge < -0.3 is 8.83 Å². The zero-order valence-corrected chi connectivity index (χ0v) is 29.4. The van der Waals surface area contributed by atoms with E-state index < -0.39 is 0 Å². The van der Waals surface area contributed by atoms with E-state index in [1.807, 2.05) is 42.5 Å². The van der Waals surface area contributed by atoms with Crippen LogP contribution in [0.1, 0.15) is 41.3 Å². The molecule has 0 bridgehead atoms. The number of rotatable bonds is 5. The lowest BCUT2D eigenvalue weighted by molar-refractivity contribution is 0.668. The number of aromatic nitrogens is 3. The zero-order chi connectivity index (χ0) is 35.6. The Kier molecular flexibility index (Phi) is 7.05. The molecule has 11 rings (SSSR count). The molecule has 0 N–H and O–H groups in total. The Morgan fingerprint density at radius 3 is 1.85 bits per heavy atom. The van der Waals surface area contributed by atoms with Crippen molar-refractivity contribution in [2.75, 3.05) is 0 Å². The van der Waals surface area contributed by atoms with Crippen LogP contribution in [-0.4, -0.2) is 15.0 Å². The summed E-state index contributed by atoms with van der Waals surface area (Å²) in [6.45, 7) is 0. The number of benzene rings is 6. The maximum atomic E-state index is 6.30. The smallest absolute Gasteiger partial charge is 0.164 e. The Balaban J connectivity index is 1.09. The molecule has 9 aromatic rings. The molecule has 5 nitrogen and oxygen atoms in total. The van der Waals surface area contributed by atoms with Gasteiger partial charge in [-0.15, -0.1) is 0 Å². The van der Waals surface area contributed by atoms with Crippen molar-refractivity contribution in [2.24, 2.45) is 0 Å². The maximum absolute atomic E-state index is 6.30. The summed E-state index contributed by atoms with van der Waals surface area (Å²) in [6, 6.07) is 44.3. The Bertz CT molecular complexity index is 3030. The number of hydrogen-bond acceptors (Lipinski definition) is 5. The lowest BCUT2D eigenvalue weighted by Crippen LogP contribution is -2.08. The summed E-state index contributed by atoms with van der Waals surface area (Å²) in [5, 5.41) is 4.32. The van der Waals surface area contributed by atoms with Crippen LogP contribution < -0.4 is 0 Å². The topological polar surface area (TPSA) is 65.0 Å². The molecule has 2 aliphatic carbocycles. The molecule has 5 heteroatoms. The fourth-order valence-corrected chi connectivity index (χ4v) is 8.46. The van der Waals surface area contributed by atoms with Crippen LogP contribution in [0.4, 0.5) is 0 Å². The van der Waals surface area contributed by atoms with Crippen molar-refractivity contribution in [1.29, 1.82) is 0 Å². The van der Waals surface area contributed by atoms with E-state index >= 15 is 0 Å². The molecule has 256 valence electrons. The standard InChI is InChI=1S/C49H33N3O2/c1-2-12-30(13-3-1)31-26-28-32(29-27-31)47-50-48(52-49(51-47)40-21-11-25-44-46(40)39-15-5-7-23-42(39)54-44)37-20-9-16-33-34(17-8-18-35(33)37)36-19-10-24-43-45(36)38-14-4-6-22-41(38)53-43/h1-8,10-12,14-15,17-30H,9,13,16H2. The first kappa shape index (κ1) is 30.7. The first-order chi connectivity index (χ1) is 26.8. The quantitative estimate of drug-likeness (QED) is 0.179. The lowest BCUT2D eigenvalue weighted by Gasteiger charge is -2.21. The Morgan fingerprint density at radius 2 is 1.11 bits per heavy atom. The van der Waals surface area contributed by atoms with E-state index in [1.54, 1.807) is 0 Å². The molecule has 1 unspecified atom stereocenters. The Hall–Kier alpha value is -6.85. The van der Waals surface area contributed by atoms with Crippen molar-refractivity contribution in [3.63, 3.8) is 0 Å². The van der Waals surface area contributed by atoms with E-state index in [4.69, 9.17) is 23.8 Å². The summed E-state index contributed by atoms with van der Waals surface area (Å²) in [7, 11) is 0. The van der Waals surface area contributed by atoms with E-state index in [0.29, 0.717) is 23.4 Å². The third kappa shape index (κ3) is 4.96. The minimum absolute atomic E-state index is 0.365. The van der Waals surface area contributed by atoms with Crippen molar-refractivity contribution in [3.05, 3.63) is 180 Å². The highest BCUT2D eigenvalue weighted by Crippen LogP contribution is 2.43. The van der Waals surface area contributed by atoms with Crippen LogP contribution in [0, 0.1) is 0 Å². The average molecular weight is 696 g/mol. The van der Waals surface area contributed by atoms with Gasteiger partial charge in [0.1, 0.15) is 22.3 Å². The maximum Gasteiger partial charge on any atom is 0.164 e. The summed E-state index contributed by atoms with van der Waals surface area (Å²) < 4.78 is 12.6.